The second-order valence-electron chi connectivity index (χ2n) is 8.92. The second-order valence-corrected chi connectivity index (χ2v) is 9.78. The summed E-state index contributed by atoms with van der Waals surface area (Å²) >= 11 is 3.42. The van der Waals surface area contributed by atoms with Crippen molar-refractivity contribution in [3.63, 3.8) is 0 Å². The quantitative estimate of drug-likeness (QED) is 0.119. The van der Waals surface area contributed by atoms with E-state index in [0.717, 1.165) is 22.4 Å². The fourth-order valence-corrected chi connectivity index (χ4v) is 4.41. The summed E-state index contributed by atoms with van der Waals surface area (Å²) in [5.41, 5.74) is 6.93. The minimum Gasteiger partial charge on any atom is -0.493 e. The van der Waals surface area contributed by atoms with Gasteiger partial charge in [0, 0.05) is 11.4 Å². The van der Waals surface area contributed by atoms with Crippen LogP contribution in [0.5, 0.6) is 17.2 Å². The highest BCUT2D eigenvalue weighted by atomic mass is 79.9. The SMILES string of the molecule is C=CCOc1ccc(NC(=O)C(=O)N/N=C\c2cc(Br)c(OCC(=O)Nc3c(C)cc(C)cc3C)c(OC)c2)cc1. The van der Waals surface area contributed by atoms with Gasteiger partial charge in [-0.15, -0.1) is 0 Å². The molecule has 0 spiro atoms. The average molecular weight is 624 g/mol. The molecule has 11 heteroatoms. The zero-order valence-corrected chi connectivity index (χ0v) is 24.8. The van der Waals surface area contributed by atoms with Crippen molar-refractivity contribution < 1.29 is 28.6 Å². The van der Waals surface area contributed by atoms with Gasteiger partial charge >= 0.3 is 11.8 Å². The fourth-order valence-electron chi connectivity index (χ4n) is 3.84. The van der Waals surface area contributed by atoms with Gasteiger partial charge < -0.3 is 24.8 Å². The third-order valence-corrected chi connectivity index (χ3v) is 6.20. The summed E-state index contributed by atoms with van der Waals surface area (Å²) in [7, 11) is 1.46. The Hall–Kier alpha value is -4.64. The first-order valence-corrected chi connectivity index (χ1v) is 13.3. The number of rotatable bonds is 11. The van der Waals surface area contributed by atoms with Crippen LogP contribution in [0.1, 0.15) is 22.3 Å². The van der Waals surface area contributed by atoms with Gasteiger partial charge in [-0.1, -0.05) is 30.4 Å². The summed E-state index contributed by atoms with van der Waals surface area (Å²) in [5, 5.41) is 9.22. The number of aryl methyl sites for hydroxylation is 3. The van der Waals surface area contributed by atoms with Crippen LogP contribution in [-0.2, 0) is 14.4 Å². The molecule has 3 rings (SSSR count). The molecule has 3 N–H and O–H groups in total. The number of nitrogens with zero attached hydrogens (tertiary/aromatic N) is 1. The van der Waals surface area contributed by atoms with Crippen LogP contribution in [0.15, 0.2) is 70.8 Å². The van der Waals surface area contributed by atoms with Crippen molar-refractivity contribution in [1.29, 1.82) is 0 Å². The number of carbonyl (C=O) groups excluding carboxylic acids is 3. The van der Waals surface area contributed by atoms with Gasteiger partial charge in [0.05, 0.1) is 17.8 Å². The van der Waals surface area contributed by atoms with E-state index in [9.17, 15) is 14.4 Å². The maximum atomic E-state index is 12.6. The van der Waals surface area contributed by atoms with Crippen LogP contribution in [-0.4, -0.2) is 44.3 Å². The molecule has 214 valence electrons. The molecule has 0 aromatic heterocycles. The average Bonchev–Trinajstić information content (AvgIpc) is 2.93. The van der Waals surface area contributed by atoms with E-state index in [2.05, 4.69) is 43.7 Å². The van der Waals surface area contributed by atoms with E-state index in [1.807, 2.05) is 32.9 Å². The van der Waals surface area contributed by atoms with Crippen LogP contribution >= 0.6 is 15.9 Å². The standard InChI is InChI=1S/C30H31BrN4O6/c1-6-11-40-23-9-7-22(8-10-23)33-29(37)30(38)35-32-16-21-14-24(31)28(25(15-21)39-5)41-17-26(36)34-27-19(3)12-18(2)13-20(27)4/h6-10,12-16H,1,11,17H2,2-5H3,(H,33,37)(H,34,36)(H,35,38)/b32-16-. The third-order valence-electron chi connectivity index (χ3n) is 5.61. The van der Waals surface area contributed by atoms with E-state index in [1.54, 1.807) is 42.5 Å². The van der Waals surface area contributed by atoms with E-state index >= 15 is 0 Å². The number of anilines is 2. The lowest BCUT2D eigenvalue weighted by Gasteiger charge is -2.15. The molecule has 10 nitrogen and oxygen atoms in total. The van der Waals surface area contributed by atoms with Crippen molar-refractivity contribution in [3.8, 4) is 17.2 Å². The highest BCUT2D eigenvalue weighted by molar-refractivity contribution is 9.10. The van der Waals surface area contributed by atoms with E-state index in [-0.39, 0.29) is 12.5 Å². The Kier molecular flexibility index (Phi) is 11.0. The molecule has 0 heterocycles. The maximum absolute atomic E-state index is 12.6. The van der Waals surface area contributed by atoms with Crippen LogP contribution in [0.3, 0.4) is 0 Å². The van der Waals surface area contributed by atoms with Crippen molar-refractivity contribution in [3.05, 3.63) is 87.9 Å². The second kappa shape index (κ2) is 14.7. The molecule has 3 aromatic rings. The fraction of sp³-hybridized carbons (Fsp3) is 0.200. The van der Waals surface area contributed by atoms with Gasteiger partial charge in [-0.05, 0) is 89.8 Å². The number of hydrogen-bond donors (Lipinski definition) is 3. The van der Waals surface area contributed by atoms with E-state index < -0.39 is 11.8 Å². The van der Waals surface area contributed by atoms with Crippen LogP contribution in [0.2, 0.25) is 0 Å². The Bertz CT molecular complexity index is 1450. The predicted molar refractivity (Wildman–Crippen MR) is 162 cm³/mol. The van der Waals surface area contributed by atoms with Crippen LogP contribution < -0.4 is 30.3 Å². The molecule has 3 aromatic carbocycles. The van der Waals surface area contributed by atoms with E-state index in [1.165, 1.54) is 13.3 Å². The minimum atomic E-state index is -0.954. The number of ether oxygens (including phenoxy) is 3. The van der Waals surface area contributed by atoms with Gasteiger partial charge in [-0.3, -0.25) is 14.4 Å². The zero-order chi connectivity index (χ0) is 29.9. The summed E-state index contributed by atoms with van der Waals surface area (Å²) in [6, 6.07) is 13.8. The number of halogens is 1. The predicted octanol–water partition coefficient (Wildman–Crippen LogP) is 5.05. The summed E-state index contributed by atoms with van der Waals surface area (Å²) in [6.45, 7) is 9.56. The monoisotopic (exact) mass is 622 g/mol. The smallest absolute Gasteiger partial charge is 0.329 e. The maximum Gasteiger partial charge on any atom is 0.329 e. The molecule has 0 aliphatic heterocycles. The Morgan fingerprint density at radius 2 is 1.63 bits per heavy atom. The molecule has 0 atom stereocenters. The molecule has 0 fully saturated rings. The van der Waals surface area contributed by atoms with Gasteiger partial charge in [0.1, 0.15) is 12.4 Å². The largest absolute Gasteiger partial charge is 0.493 e. The molecule has 0 saturated carbocycles. The lowest BCUT2D eigenvalue weighted by Crippen LogP contribution is -2.32. The van der Waals surface area contributed by atoms with Gasteiger partial charge in [-0.25, -0.2) is 5.43 Å². The molecule has 0 unspecified atom stereocenters. The highest BCUT2D eigenvalue weighted by Crippen LogP contribution is 2.36. The lowest BCUT2D eigenvalue weighted by molar-refractivity contribution is -0.136. The highest BCUT2D eigenvalue weighted by Gasteiger charge is 2.16. The molecule has 0 aliphatic carbocycles. The molecule has 0 bridgehead atoms. The molecule has 0 radical (unpaired) electrons. The number of nitrogens with one attached hydrogen (secondary N) is 3. The summed E-state index contributed by atoms with van der Waals surface area (Å²) in [4.78, 5) is 36.9. The van der Waals surface area contributed by atoms with Gasteiger partial charge in [0.15, 0.2) is 18.1 Å². The normalized spacial score (nSPS) is 10.6. The van der Waals surface area contributed by atoms with Gasteiger partial charge in [0.25, 0.3) is 5.91 Å². The van der Waals surface area contributed by atoms with Gasteiger partial charge in [0.2, 0.25) is 0 Å². The van der Waals surface area contributed by atoms with Crippen molar-refractivity contribution in [2.45, 2.75) is 20.8 Å². The number of carbonyl (C=O) groups is 3. The first-order valence-electron chi connectivity index (χ1n) is 12.5. The van der Waals surface area contributed by atoms with Crippen molar-refractivity contribution >= 4 is 51.2 Å². The minimum absolute atomic E-state index is 0.245. The molecule has 0 aliphatic rings. The number of amides is 3. The Morgan fingerprint density at radius 1 is 0.951 bits per heavy atom. The Balaban J connectivity index is 1.57. The first-order chi connectivity index (χ1) is 19.6. The van der Waals surface area contributed by atoms with Crippen LogP contribution in [0.4, 0.5) is 11.4 Å². The number of hydrogen-bond acceptors (Lipinski definition) is 7. The summed E-state index contributed by atoms with van der Waals surface area (Å²) in [6.07, 6.45) is 2.96. The van der Waals surface area contributed by atoms with Crippen molar-refractivity contribution in [2.24, 2.45) is 5.10 Å². The zero-order valence-electron chi connectivity index (χ0n) is 23.2. The van der Waals surface area contributed by atoms with E-state index in [4.69, 9.17) is 14.2 Å². The van der Waals surface area contributed by atoms with Gasteiger partial charge in [-0.2, -0.15) is 5.10 Å². The lowest BCUT2D eigenvalue weighted by atomic mass is 10.1. The van der Waals surface area contributed by atoms with Crippen molar-refractivity contribution in [1.82, 2.24) is 5.43 Å². The molecule has 0 saturated heterocycles. The van der Waals surface area contributed by atoms with Crippen LogP contribution in [0.25, 0.3) is 0 Å². The topological polar surface area (TPSA) is 127 Å². The molecule has 41 heavy (non-hydrogen) atoms. The van der Waals surface area contributed by atoms with E-state index in [0.29, 0.717) is 39.6 Å². The number of benzene rings is 3. The van der Waals surface area contributed by atoms with Crippen LogP contribution in [0, 0.1) is 20.8 Å². The Morgan fingerprint density at radius 3 is 2.27 bits per heavy atom. The number of hydrazone groups is 1. The first kappa shape index (κ1) is 30.9. The Labute approximate surface area is 246 Å². The summed E-state index contributed by atoms with van der Waals surface area (Å²) in [5.74, 6) is -0.909. The summed E-state index contributed by atoms with van der Waals surface area (Å²) < 4.78 is 17.0. The molecular weight excluding hydrogens is 592 g/mol. The van der Waals surface area contributed by atoms with Crippen molar-refractivity contribution in [2.75, 3.05) is 31.0 Å². The molecular formula is C30H31BrN4O6. The molecule has 3 amide bonds. The number of methoxy groups -OCH3 is 1. The third kappa shape index (κ3) is 8.94.